The lowest BCUT2D eigenvalue weighted by Crippen LogP contribution is -2.43. The van der Waals surface area contributed by atoms with Crippen LogP contribution in [0.15, 0.2) is 59.6 Å². The molecule has 0 saturated carbocycles. The summed E-state index contributed by atoms with van der Waals surface area (Å²) in [7, 11) is 0. The minimum absolute atomic E-state index is 0.0126. The molecule has 0 aliphatic carbocycles. The lowest BCUT2D eigenvalue weighted by Gasteiger charge is -2.20. The van der Waals surface area contributed by atoms with Gasteiger partial charge in [0.1, 0.15) is 18.1 Å². The zero-order valence-electron chi connectivity index (χ0n) is 16.8. The van der Waals surface area contributed by atoms with Crippen LogP contribution in [0.5, 0.6) is 11.5 Å². The van der Waals surface area contributed by atoms with Crippen LogP contribution >= 0.6 is 15.9 Å². The first kappa shape index (κ1) is 22.5. The highest BCUT2D eigenvalue weighted by molar-refractivity contribution is 9.10. The van der Waals surface area contributed by atoms with E-state index in [0.717, 1.165) is 10.0 Å². The average molecular weight is 461 g/mol. The Hall–Kier alpha value is -2.80. The predicted molar refractivity (Wildman–Crippen MR) is 116 cm³/mol. The summed E-state index contributed by atoms with van der Waals surface area (Å²) in [5, 5.41) is 0. The van der Waals surface area contributed by atoms with E-state index in [-0.39, 0.29) is 12.0 Å². The van der Waals surface area contributed by atoms with Crippen molar-refractivity contribution < 1.29 is 19.1 Å². The molecule has 0 fully saturated rings. The van der Waals surface area contributed by atoms with Gasteiger partial charge in [-0.2, -0.15) is 0 Å². The van der Waals surface area contributed by atoms with Crippen LogP contribution in [0.1, 0.15) is 36.7 Å². The minimum atomic E-state index is -0.476. The summed E-state index contributed by atoms with van der Waals surface area (Å²) in [6.45, 7) is 10.1. The molecule has 29 heavy (non-hydrogen) atoms. The van der Waals surface area contributed by atoms with E-state index in [1.165, 1.54) is 0 Å². The molecule has 0 atom stereocenters. The van der Waals surface area contributed by atoms with Crippen molar-refractivity contribution in [3.63, 3.8) is 0 Å². The number of carbonyl (C=O) groups is 2. The minimum Gasteiger partial charge on any atom is -0.490 e. The van der Waals surface area contributed by atoms with Gasteiger partial charge < -0.3 is 9.47 Å². The number of benzene rings is 2. The average Bonchev–Trinajstić information content (AvgIpc) is 2.69. The van der Waals surface area contributed by atoms with Gasteiger partial charge in [0.25, 0.3) is 11.8 Å². The number of hydrogen-bond donors (Lipinski definition) is 2. The quantitative estimate of drug-likeness (QED) is 0.480. The predicted octanol–water partition coefficient (Wildman–Crippen LogP) is 4.15. The van der Waals surface area contributed by atoms with Gasteiger partial charge in [-0.05, 0) is 63.3 Å². The van der Waals surface area contributed by atoms with Crippen molar-refractivity contribution in [2.24, 2.45) is 0 Å². The van der Waals surface area contributed by atoms with Gasteiger partial charge in [-0.15, -0.1) is 0 Å². The molecule has 2 aromatic carbocycles. The third-order valence-corrected chi connectivity index (χ3v) is 4.58. The first-order chi connectivity index (χ1) is 13.7. The highest BCUT2D eigenvalue weighted by Crippen LogP contribution is 2.31. The van der Waals surface area contributed by atoms with E-state index in [0.29, 0.717) is 23.7 Å². The SMILES string of the molecule is C=CCOc1ccc(C(=O)NNC(=O)COc2ccc(C(C)(C)C)cc2Br)cc1. The van der Waals surface area contributed by atoms with Crippen LogP contribution in [0, 0.1) is 0 Å². The Morgan fingerprint density at radius 3 is 2.34 bits per heavy atom. The molecule has 0 spiro atoms. The van der Waals surface area contributed by atoms with Gasteiger partial charge in [-0.3, -0.25) is 20.4 Å². The van der Waals surface area contributed by atoms with E-state index >= 15 is 0 Å². The van der Waals surface area contributed by atoms with Crippen LogP contribution in [0.3, 0.4) is 0 Å². The molecule has 2 amide bonds. The molecule has 0 radical (unpaired) electrons. The number of nitrogens with one attached hydrogen (secondary N) is 2. The number of amides is 2. The molecule has 0 heterocycles. The molecule has 0 saturated heterocycles. The van der Waals surface area contributed by atoms with Gasteiger partial charge in [0.2, 0.25) is 0 Å². The normalized spacial score (nSPS) is 10.8. The van der Waals surface area contributed by atoms with E-state index in [4.69, 9.17) is 9.47 Å². The van der Waals surface area contributed by atoms with Gasteiger partial charge in [0, 0.05) is 5.56 Å². The number of carbonyl (C=O) groups excluding carboxylic acids is 2. The van der Waals surface area contributed by atoms with Crippen molar-refractivity contribution in [3.8, 4) is 11.5 Å². The van der Waals surface area contributed by atoms with Crippen LogP contribution < -0.4 is 20.3 Å². The molecule has 154 valence electrons. The van der Waals surface area contributed by atoms with E-state index in [9.17, 15) is 9.59 Å². The molecule has 0 aliphatic rings. The molecule has 2 aromatic rings. The smallest absolute Gasteiger partial charge is 0.276 e. The van der Waals surface area contributed by atoms with Crippen molar-refractivity contribution in [3.05, 3.63) is 70.7 Å². The molecule has 2 N–H and O–H groups in total. The zero-order valence-corrected chi connectivity index (χ0v) is 18.3. The largest absolute Gasteiger partial charge is 0.490 e. The fourth-order valence-corrected chi connectivity index (χ4v) is 2.81. The summed E-state index contributed by atoms with van der Waals surface area (Å²) in [4.78, 5) is 24.1. The molecule has 0 bridgehead atoms. The van der Waals surface area contributed by atoms with Crippen molar-refractivity contribution in [1.29, 1.82) is 0 Å². The van der Waals surface area contributed by atoms with Gasteiger partial charge in [-0.25, -0.2) is 0 Å². The lowest BCUT2D eigenvalue weighted by atomic mass is 9.87. The first-order valence-electron chi connectivity index (χ1n) is 9.06. The van der Waals surface area contributed by atoms with Crippen LogP contribution in [0.4, 0.5) is 0 Å². The maximum Gasteiger partial charge on any atom is 0.276 e. The molecule has 0 aromatic heterocycles. The standard InChI is InChI=1S/C22H25BrN2O4/c1-5-12-28-17-9-6-15(7-10-17)21(27)25-24-20(26)14-29-19-11-8-16(13-18(19)23)22(2,3)4/h5-11,13H,1,12,14H2,2-4H3,(H,24,26)(H,25,27). The Kier molecular flexibility index (Phi) is 7.84. The summed E-state index contributed by atoms with van der Waals surface area (Å²) in [6.07, 6.45) is 1.63. The van der Waals surface area contributed by atoms with Crippen molar-refractivity contribution in [1.82, 2.24) is 10.9 Å². The van der Waals surface area contributed by atoms with E-state index in [2.05, 4.69) is 54.1 Å². The summed E-state index contributed by atoms with van der Waals surface area (Å²) in [5.41, 5.74) is 6.23. The van der Waals surface area contributed by atoms with Crippen LogP contribution in [0.25, 0.3) is 0 Å². The number of hydrazine groups is 1. The second kappa shape index (κ2) is 10.1. The van der Waals surface area contributed by atoms with Crippen molar-refractivity contribution in [2.75, 3.05) is 13.2 Å². The molecule has 2 rings (SSSR count). The monoisotopic (exact) mass is 460 g/mol. The van der Waals surface area contributed by atoms with Crippen LogP contribution in [-0.4, -0.2) is 25.0 Å². The number of ether oxygens (including phenoxy) is 2. The van der Waals surface area contributed by atoms with Gasteiger partial charge in [0.05, 0.1) is 4.47 Å². The Morgan fingerprint density at radius 1 is 1.07 bits per heavy atom. The summed E-state index contributed by atoms with van der Waals surface area (Å²) < 4.78 is 11.6. The Labute approximate surface area is 179 Å². The number of hydrogen-bond acceptors (Lipinski definition) is 4. The number of halogens is 1. The maximum atomic E-state index is 12.1. The highest BCUT2D eigenvalue weighted by atomic mass is 79.9. The zero-order chi connectivity index (χ0) is 21.4. The first-order valence-corrected chi connectivity index (χ1v) is 9.86. The molecule has 6 nitrogen and oxygen atoms in total. The van der Waals surface area contributed by atoms with Gasteiger partial charge in [-0.1, -0.05) is 39.5 Å². The Morgan fingerprint density at radius 2 is 1.76 bits per heavy atom. The van der Waals surface area contributed by atoms with Crippen molar-refractivity contribution in [2.45, 2.75) is 26.2 Å². The summed E-state index contributed by atoms with van der Waals surface area (Å²) >= 11 is 3.46. The van der Waals surface area contributed by atoms with Crippen molar-refractivity contribution >= 4 is 27.7 Å². The van der Waals surface area contributed by atoms with Gasteiger partial charge in [0.15, 0.2) is 6.61 Å². The molecular formula is C22H25BrN2O4. The molecule has 0 aliphatic heterocycles. The lowest BCUT2D eigenvalue weighted by molar-refractivity contribution is -0.123. The molecule has 0 unspecified atom stereocenters. The Bertz CT molecular complexity index is 873. The summed E-state index contributed by atoms with van der Waals surface area (Å²) in [5.74, 6) is 0.261. The third kappa shape index (κ3) is 6.94. The molecular weight excluding hydrogens is 436 g/mol. The number of rotatable bonds is 7. The van der Waals surface area contributed by atoms with E-state index in [1.54, 1.807) is 30.3 Å². The van der Waals surface area contributed by atoms with E-state index in [1.807, 2.05) is 18.2 Å². The fraction of sp³-hybridized carbons (Fsp3) is 0.273. The van der Waals surface area contributed by atoms with Crippen LogP contribution in [-0.2, 0) is 10.2 Å². The van der Waals surface area contributed by atoms with E-state index < -0.39 is 11.8 Å². The second-order valence-electron chi connectivity index (χ2n) is 7.31. The molecule has 7 heteroatoms. The Balaban J connectivity index is 1.82. The maximum absolute atomic E-state index is 12.1. The second-order valence-corrected chi connectivity index (χ2v) is 8.16. The highest BCUT2D eigenvalue weighted by Gasteiger charge is 2.16. The fourth-order valence-electron chi connectivity index (χ4n) is 2.32. The topological polar surface area (TPSA) is 76.7 Å². The third-order valence-electron chi connectivity index (χ3n) is 3.96. The van der Waals surface area contributed by atoms with Crippen LogP contribution in [0.2, 0.25) is 0 Å². The summed E-state index contributed by atoms with van der Waals surface area (Å²) in [6, 6.07) is 12.3. The van der Waals surface area contributed by atoms with Gasteiger partial charge >= 0.3 is 0 Å².